The number of nitrogens with zero attached hydrogens (tertiary/aromatic N) is 3. The van der Waals surface area contributed by atoms with Crippen molar-refractivity contribution in [2.24, 2.45) is 0 Å². The molecule has 0 aliphatic carbocycles. The van der Waals surface area contributed by atoms with Gasteiger partial charge in [0.2, 0.25) is 5.13 Å². The lowest BCUT2D eigenvalue weighted by atomic mass is 10.2. The number of nitrogens with one attached hydrogen (secondary N) is 1. The summed E-state index contributed by atoms with van der Waals surface area (Å²) in [6.07, 6.45) is -0.399. The van der Waals surface area contributed by atoms with Crippen molar-refractivity contribution in [3.05, 3.63) is 5.82 Å². The third-order valence-electron chi connectivity index (χ3n) is 3.02. The lowest BCUT2D eigenvalue weighted by molar-refractivity contribution is 0.0171. The van der Waals surface area contributed by atoms with Crippen LogP contribution in [-0.2, 0) is 4.74 Å². The van der Waals surface area contributed by atoms with E-state index in [1.54, 1.807) is 0 Å². The SMILES string of the molecule is CC(C)c1nsc(NC[C@@H](O)CN2CCOCC2)n1. The van der Waals surface area contributed by atoms with Gasteiger partial charge in [-0.25, -0.2) is 4.98 Å². The van der Waals surface area contributed by atoms with Gasteiger partial charge in [0, 0.05) is 43.6 Å². The van der Waals surface area contributed by atoms with Crippen LogP contribution < -0.4 is 5.32 Å². The molecule has 1 atom stereocenters. The Bertz CT molecular complexity index is 380. The highest BCUT2D eigenvalue weighted by Gasteiger charge is 2.15. The minimum atomic E-state index is -0.399. The maximum atomic E-state index is 9.99. The molecule has 2 heterocycles. The second kappa shape index (κ2) is 7.14. The molecule has 0 amide bonds. The maximum absolute atomic E-state index is 9.99. The van der Waals surface area contributed by atoms with Crippen LogP contribution in [0.1, 0.15) is 25.6 Å². The molecule has 0 unspecified atom stereocenters. The van der Waals surface area contributed by atoms with E-state index in [0.29, 0.717) is 19.0 Å². The summed E-state index contributed by atoms with van der Waals surface area (Å²) in [7, 11) is 0. The zero-order valence-electron chi connectivity index (χ0n) is 11.5. The fraction of sp³-hybridized carbons (Fsp3) is 0.833. The van der Waals surface area contributed by atoms with Crippen LogP contribution in [0.3, 0.4) is 0 Å². The first-order valence-corrected chi connectivity index (χ1v) is 7.48. The van der Waals surface area contributed by atoms with Gasteiger partial charge in [-0.2, -0.15) is 4.37 Å². The van der Waals surface area contributed by atoms with Crippen molar-refractivity contribution >= 4 is 16.7 Å². The van der Waals surface area contributed by atoms with Crippen LogP contribution in [0.2, 0.25) is 0 Å². The minimum absolute atomic E-state index is 0.338. The molecule has 6 nitrogen and oxygen atoms in total. The zero-order chi connectivity index (χ0) is 13.7. The molecule has 2 N–H and O–H groups in total. The van der Waals surface area contributed by atoms with Crippen LogP contribution in [0.5, 0.6) is 0 Å². The van der Waals surface area contributed by atoms with Gasteiger partial charge < -0.3 is 15.2 Å². The lowest BCUT2D eigenvalue weighted by Crippen LogP contribution is -2.42. The van der Waals surface area contributed by atoms with Crippen molar-refractivity contribution in [1.29, 1.82) is 0 Å². The van der Waals surface area contributed by atoms with E-state index >= 15 is 0 Å². The van der Waals surface area contributed by atoms with Crippen LogP contribution in [-0.4, -0.2) is 64.9 Å². The average Bonchev–Trinajstić information content (AvgIpc) is 2.86. The molecule has 1 aromatic heterocycles. The predicted octanol–water partition coefficient (Wildman–Crippen LogP) is 0.766. The molecule has 1 aliphatic rings. The first kappa shape index (κ1) is 14.6. The molecule has 1 aromatic rings. The smallest absolute Gasteiger partial charge is 0.202 e. The van der Waals surface area contributed by atoms with Crippen LogP contribution >= 0.6 is 11.5 Å². The number of aromatic nitrogens is 2. The van der Waals surface area contributed by atoms with E-state index in [1.165, 1.54) is 11.5 Å². The first-order chi connectivity index (χ1) is 9.15. The molecule has 19 heavy (non-hydrogen) atoms. The van der Waals surface area contributed by atoms with Gasteiger partial charge in [-0.15, -0.1) is 0 Å². The van der Waals surface area contributed by atoms with Crippen molar-refractivity contribution in [3.63, 3.8) is 0 Å². The van der Waals surface area contributed by atoms with Crippen LogP contribution in [0, 0.1) is 0 Å². The largest absolute Gasteiger partial charge is 0.390 e. The highest BCUT2D eigenvalue weighted by Crippen LogP contribution is 2.17. The highest BCUT2D eigenvalue weighted by molar-refractivity contribution is 7.09. The van der Waals surface area contributed by atoms with E-state index in [1.807, 2.05) is 0 Å². The summed E-state index contributed by atoms with van der Waals surface area (Å²) in [5.74, 6) is 1.19. The monoisotopic (exact) mass is 286 g/mol. The summed E-state index contributed by atoms with van der Waals surface area (Å²) < 4.78 is 9.55. The van der Waals surface area contributed by atoms with Gasteiger partial charge >= 0.3 is 0 Å². The van der Waals surface area contributed by atoms with E-state index < -0.39 is 6.10 Å². The van der Waals surface area contributed by atoms with Crippen molar-refractivity contribution in [3.8, 4) is 0 Å². The summed E-state index contributed by atoms with van der Waals surface area (Å²) in [6, 6.07) is 0. The number of morpholine rings is 1. The number of ether oxygens (including phenoxy) is 1. The van der Waals surface area contributed by atoms with E-state index in [-0.39, 0.29) is 0 Å². The number of aliphatic hydroxyl groups excluding tert-OH is 1. The molecule has 1 fully saturated rings. The summed E-state index contributed by atoms with van der Waals surface area (Å²) in [5, 5.41) is 13.9. The van der Waals surface area contributed by atoms with Crippen LogP contribution in [0.4, 0.5) is 5.13 Å². The zero-order valence-corrected chi connectivity index (χ0v) is 12.3. The summed E-state index contributed by atoms with van der Waals surface area (Å²) in [5.41, 5.74) is 0. The van der Waals surface area contributed by atoms with E-state index in [0.717, 1.165) is 37.3 Å². The Morgan fingerprint density at radius 1 is 1.42 bits per heavy atom. The van der Waals surface area contributed by atoms with Gasteiger partial charge in [-0.3, -0.25) is 4.90 Å². The minimum Gasteiger partial charge on any atom is -0.390 e. The third-order valence-corrected chi connectivity index (χ3v) is 3.71. The van der Waals surface area contributed by atoms with Gasteiger partial charge in [0.25, 0.3) is 0 Å². The average molecular weight is 286 g/mol. The predicted molar refractivity (Wildman–Crippen MR) is 75.8 cm³/mol. The molecular formula is C12H22N4O2S. The van der Waals surface area contributed by atoms with Crippen molar-refractivity contribution in [2.45, 2.75) is 25.9 Å². The van der Waals surface area contributed by atoms with Crippen LogP contribution in [0.15, 0.2) is 0 Å². The second-order valence-corrected chi connectivity index (χ2v) is 5.81. The fourth-order valence-electron chi connectivity index (χ4n) is 1.89. The van der Waals surface area contributed by atoms with Gasteiger partial charge in [-0.1, -0.05) is 13.8 Å². The normalized spacial score (nSPS) is 18.7. The Kier molecular flexibility index (Phi) is 5.50. The number of rotatable bonds is 6. The number of aliphatic hydroxyl groups is 1. The van der Waals surface area contributed by atoms with Gasteiger partial charge in [0.1, 0.15) is 5.82 Å². The Morgan fingerprint density at radius 3 is 2.79 bits per heavy atom. The molecule has 108 valence electrons. The Hall–Kier alpha value is -0.760. The van der Waals surface area contributed by atoms with E-state index in [9.17, 15) is 5.11 Å². The molecular weight excluding hydrogens is 264 g/mol. The summed E-state index contributed by atoms with van der Waals surface area (Å²) in [4.78, 5) is 6.60. The molecule has 7 heteroatoms. The molecule has 0 spiro atoms. The molecule has 0 saturated carbocycles. The Morgan fingerprint density at radius 2 is 2.16 bits per heavy atom. The van der Waals surface area contributed by atoms with Crippen molar-refractivity contribution in [1.82, 2.24) is 14.3 Å². The molecule has 2 rings (SSSR count). The fourth-order valence-corrected chi connectivity index (χ4v) is 2.61. The molecule has 1 saturated heterocycles. The molecule has 1 aliphatic heterocycles. The number of hydrogen-bond donors (Lipinski definition) is 2. The standard InChI is InChI=1S/C12H22N4O2S/c1-9(2)11-14-12(19-15-11)13-7-10(17)8-16-3-5-18-6-4-16/h9-10,17H,3-8H2,1-2H3,(H,13,14,15)/t10-/m1/s1. The molecule has 0 aromatic carbocycles. The van der Waals surface area contributed by atoms with E-state index in [4.69, 9.17) is 4.74 Å². The topological polar surface area (TPSA) is 70.5 Å². The first-order valence-electron chi connectivity index (χ1n) is 6.71. The van der Waals surface area contributed by atoms with Gasteiger partial charge in [0.05, 0.1) is 19.3 Å². The number of β-amino-alcohol motifs (C(OH)–C–C–N with tert-alkyl or cyclic N) is 1. The second-order valence-electron chi connectivity index (χ2n) is 5.06. The van der Waals surface area contributed by atoms with Gasteiger partial charge in [0.15, 0.2) is 0 Å². The lowest BCUT2D eigenvalue weighted by Gasteiger charge is -2.28. The summed E-state index contributed by atoms with van der Waals surface area (Å²) in [6.45, 7) is 8.62. The third kappa shape index (κ3) is 4.68. The Balaban J connectivity index is 1.71. The Labute approximate surface area is 118 Å². The quantitative estimate of drug-likeness (QED) is 0.805. The summed E-state index contributed by atoms with van der Waals surface area (Å²) >= 11 is 1.35. The molecule has 0 radical (unpaired) electrons. The van der Waals surface area contributed by atoms with Crippen LogP contribution in [0.25, 0.3) is 0 Å². The maximum Gasteiger partial charge on any atom is 0.202 e. The van der Waals surface area contributed by atoms with Crippen molar-refractivity contribution < 1.29 is 9.84 Å². The number of anilines is 1. The van der Waals surface area contributed by atoms with E-state index in [2.05, 4.69) is 33.4 Å². The molecule has 0 bridgehead atoms. The highest BCUT2D eigenvalue weighted by atomic mass is 32.1. The van der Waals surface area contributed by atoms with Crippen molar-refractivity contribution in [2.75, 3.05) is 44.7 Å². The number of hydrogen-bond acceptors (Lipinski definition) is 7. The van der Waals surface area contributed by atoms with Gasteiger partial charge in [-0.05, 0) is 0 Å².